The van der Waals surface area contributed by atoms with Gasteiger partial charge < -0.3 is 16.0 Å². The van der Waals surface area contributed by atoms with Crippen LogP contribution < -0.4 is 11.1 Å². The maximum absolute atomic E-state index is 12.4. The van der Waals surface area contributed by atoms with E-state index in [1.807, 2.05) is 6.92 Å². The molecule has 1 aliphatic rings. The molecule has 2 amide bonds. The smallest absolute Gasteiger partial charge is 0.242 e. The van der Waals surface area contributed by atoms with Gasteiger partial charge in [-0.05, 0) is 18.8 Å². The number of nitrogens with zero attached hydrogens (tertiary/aromatic N) is 1. The van der Waals surface area contributed by atoms with Crippen molar-refractivity contribution in [2.75, 3.05) is 19.6 Å². The molecular weight excluding hydrogens is 230 g/mol. The highest BCUT2D eigenvalue weighted by Gasteiger charge is 2.34. The lowest BCUT2D eigenvalue weighted by atomic mass is 9.94. The summed E-state index contributed by atoms with van der Waals surface area (Å²) in [6.45, 7) is 7.57. The van der Waals surface area contributed by atoms with E-state index in [0.717, 1.165) is 6.42 Å². The number of carbonyl (C=O) groups excluding carboxylic acids is 2. The van der Waals surface area contributed by atoms with Gasteiger partial charge in [-0.1, -0.05) is 20.8 Å². The second-order valence-electron chi connectivity index (χ2n) is 5.31. The van der Waals surface area contributed by atoms with Crippen LogP contribution in [-0.4, -0.2) is 42.4 Å². The van der Waals surface area contributed by atoms with Gasteiger partial charge in [0.2, 0.25) is 11.8 Å². The van der Waals surface area contributed by atoms with E-state index in [4.69, 9.17) is 5.73 Å². The molecule has 1 fully saturated rings. The van der Waals surface area contributed by atoms with Crippen LogP contribution in [0.3, 0.4) is 0 Å². The summed E-state index contributed by atoms with van der Waals surface area (Å²) in [5, 5.41) is 2.80. The first-order chi connectivity index (χ1) is 8.51. The normalized spacial score (nSPS) is 21.9. The fourth-order valence-electron chi connectivity index (χ4n) is 2.49. The minimum absolute atomic E-state index is 0.0351. The van der Waals surface area contributed by atoms with Gasteiger partial charge in [-0.15, -0.1) is 0 Å². The Morgan fingerprint density at radius 1 is 1.56 bits per heavy atom. The largest absolute Gasteiger partial charge is 0.353 e. The molecule has 5 heteroatoms. The lowest BCUT2D eigenvalue weighted by molar-refractivity contribution is -0.146. The lowest BCUT2D eigenvalue weighted by Gasteiger charge is -2.36. The first kappa shape index (κ1) is 15.0. The van der Waals surface area contributed by atoms with Gasteiger partial charge in [0.15, 0.2) is 0 Å². The zero-order valence-corrected chi connectivity index (χ0v) is 11.6. The maximum Gasteiger partial charge on any atom is 0.242 e. The molecule has 1 aliphatic heterocycles. The summed E-state index contributed by atoms with van der Waals surface area (Å²) in [4.78, 5) is 25.9. The van der Waals surface area contributed by atoms with Crippen LogP contribution in [0.2, 0.25) is 0 Å². The van der Waals surface area contributed by atoms with E-state index in [2.05, 4.69) is 19.2 Å². The highest BCUT2D eigenvalue weighted by Crippen LogP contribution is 2.18. The average Bonchev–Trinajstić information content (AvgIpc) is 2.34. The van der Waals surface area contributed by atoms with Crippen molar-refractivity contribution in [3.8, 4) is 0 Å². The van der Waals surface area contributed by atoms with E-state index in [1.165, 1.54) is 0 Å². The first-order valence-electron chi connectivity index (χ1n) is 6.79. The quantitative estimate of drug-likeness (QED) is 0.744. The van der Waals surface area contributed by atoms with Gasteiger partial charge in [-0.25, -0.2) is 0 Å². The van der Waals surface area contributed by atoms with E-state index in [9.17, 15) is 9.59 Å². The second kappa shape index (κ2) is 6.73. The highest BCUT2D eigenvalue weighted by molar-refractivity contribution is 5.89. The Morgan fingerprint density at radius 3 is 2.72 bits per heavy atom. The predicted octanol–water partition coefficient (Wildman–Crippen LogP) is 0.344. The molecule has 0 radical (unpaired) electrons. The second-order valence-corrected chi connectivity index (χ2v) is 5.31. The number of rotatable bonds is 5. The molecule has 104 valence electrons. The van der Waals surface area contributed by atoms with Gasteiger partial charge in [0.25, 0.3) is 0 Å². The highest BCUT2D eigenvalue weighted by atomic mass is 16.2. The van der Waals surface area contributed by atoms with Crippen molar-refractivity contribution in [1.82, 2.24) is 10.2 Å². The van der Waals surface area contributed by atoms with Crippen LogP contribution in [0.1, 0.15) is 33.6 Å². The van der Waals surface area contributed by atoms with Crippen LogP contribution in [0.15, 0.2) is 0 Å². The fourth-order valence-corrected chi connectivity index (χ4v) is 2.49. The van der Waals surface area contributed by atoms with E-state index in [0.29, 0.717) is 32.0 Å². The predicted molar refractivity (Wildman–Crippen MR) is 70.8 cm³/mol. The SMILES string of the molecule is CCC1C(=O)NCCN1C(=O)C(CN)CC(C)C. The van der Waals surface area contributed by atoms with Crippen molar-refractivity contribution >= 4 is 11.8 Å². The summed E-state index contributed by atoms with van der Waals surface area (Å²) in [5.41, 5.74) is 5.70. The number of amides is 2. The summed E-state index contributed by atoms with van der Waals surface area (Å²) in [6, 6.07) is -0.326. The molecule has 3 N–H and O–H groups in total. The van der Waals surface area contributed by atoms with Crippen LogP contribution in [0.4, 0.5) is 0 Å². The molecule has 0 spiro atoms. The maximum atomic E-state index is 12.4. The zero-order valence-electron chi connectivity index (χ0n) is 11.6. The molecule has 2 atom stereocenters. The molecule has 1 rings (SSSR count). The van der Waals surface area contributed by atoms with E-state index < -0.39 is 0 Å². The fraction of sp³-hybridized carbons (Fsp3) is 0.846. The Bertz CT molecular complexity index is 305. The van der Waals surface area contributed by atoms with Gasteiger partial charge in [0.05, 0.1) is 5.92 Å². The van der Waals surface area contributed by atoms with Crippen LogP contribution in [0, 0.1) is 11.8 Å². The molecule has 0 aliphatic carbocycles. The van der Waals surface area contributed by atoms with Gasteiger partial charge in [0.1, 0.15) is 6.04 Å². The standard InChI is InChI=1S/C13H25N3O2/c1-4-11-12(17)15-5-6-16(11)13(18)10(8-14)7-9(2)3/h9-11H,4-8,14H2,1-3H3,(H,15,17). The molecule has 0 aromatic heterocycles. The molecule has 0 bridgehead atoms. The van der Waals surface area contributed by atoms with Gasteiger partial charge >= 0.3 is 0 Å². The minimum Gasteiger partial charge on any atom is -0.353 e. The Balaban J connectivity index is 2.76. The molecule has 1 heterocycles. The number of hydrogen-bond acceptors (Lipinski definition) is 3. The van der Waals surface area contributed by atoms with Gasteiger partial charge in [-0.3, -0.25) is 9.59 Å². The molecule has 18 heavy (non-hydrogen) atoms. The van der Waals surface area contributed by atoms with Gasteiger partial charge in [-0.2, -0.15) is 0 Å². The number of nitrogens with one attached hydrogen (secondary N) is 1. The summed E-state index contributed by atoms with van der Waals surface area (Å²) in [7, 11) is 0. The van der Waals surface area contributed by atoms with Crippen LogP contribution >= 0.6 is 0 Å². The first-order valence-corrected chi connectivity index (χ1v) is 6.79. The molecule has 2 unspecified atom stereocenters. The number of piperazine rings is 1. The van der Waals surface area contributed by atoms with Gasteiger partial charge in [0, 0.05) is 19.6 Å². The minimum atomic E-state index is -0.326. The third-order valence-electron chi connectivity index (χ3n) is 3.39. The Hall–Kier alpha value is -1.10. The van der Waals surface area contributed by atoms with E-state index in [1.54, 1.807) is 4.90 Å². The molecular formula is C13H25N3O2. The van der Waals surface area contributed by atoms with Crippen molar-refractivity contribution in [3.63, 3.8) is 0 Å². The van der Waals surface area contributed by atoms with Crippen molar-refractivity contribution in [3.05, 3.63) is 0 Å². The van der Waals surface area contributed by atoms with Crippen LogP contribution in [-0.2, 0) is 9.59 Å². The van der Waals surface area contributed by atoms with Crippen molar-refractivity contribution in [2.45, 2.75) is 39.7 Å². The molecule has 5 nitrogen and oxygen atoms in total. The summed E-state index contributed by atoms with van der Waals surface area (Å²) in [5.74, 6) is 0.261. The number of hydrogen-bond donors (Lipinski definition) is 2. The molecule has 0 aromatic carbocycles. The Morgan fingerprint density at radius 2 is 2.22 bits per heavy atom. The third kappa shape index (κ3) is 3.45. The topological polar surface area (TPSA) is 75.4 Å². The molecule has 1 saturated heterocycles. The monoisotopic (exact) mass is 255 g/mol. The third-order valence-corrected chi connectivity index (χ3v) is 3.39. The van der Waals surface area contributed by atoms with Crippen molar-refractivity contribution in [2.24, 2.45) is 17.6 Å². The molecule has 0 aromatic rings. The lowest BCUT2D eigenvalue weighted by Crippen LogP contribution is -2.58. The Labute approximate surface area is 109 Å². The summed E-state index contributed by atoms with van der Waals surface area (Å²) < 4.78 is 0. The van der Waals surface area contributed by atoms with Crippen LogP contribution in [0.5, 0.6) is 0 Å². The summed E-state index contributed by atoms with van der Waals surface area (Å²) in [6.07, 6.45) is 1.43. The van der Waals surface area contributed by atoms with Crippen molar-refractivity contribution < 1.29 is 9.59 Å². The number of carbonyl (C=O) groups is 2. The Kier molecular flexibility index (Phi) is 5.59. The van der Waals surface area contributed by atoms with Crippen molar-refractivity contribution in [1.29, 1.82) is 0 Å². The molecule has 0 saturated carbocycles. The summed E-state index contributed by atoms with van der Waals surface area (Å²) >= 11 is 0. The van der Waals surface area contributed by atoms with E-state index >= 15 is 0 Å². The number of nitrogens with two attached hydrogens (primary N) is 1. The zero-order chi connectivity index (χ0) is 13.7. The average molecular weight is 255 g/mol. The van der Waals surface area contributed by atoms with E-state index in [-0.39, 0.29) is 23.8 Å². The van der Waals surface area contributed by atoms with Crippen LogP contribution in [0.25, 0.3) is 0 Å².